The van der Waals surface area contributed by atoms with Crippen molar-refractivity contribution in [1.29, 1.82) is 0 Å². The molecule has 1 heterocycles. The van der Waals surface area contributed by atoms with E-state index in [-0.39, 0.29) is 12.2 Å². The van der Waals surface area contributed by atoms with Crippen molar-refractivity contribution in [3.63, 3.8) is 0 Å². The fourth-order valence-electron chi connectivity index (χ4n) is 4.65. The summed E-state index contributed by atoms with van der Waals surface area (Å²) in [7, 11) is 0. The van der Waals surface area contributed by atoms with Gasteiger partial charge in [-0.25, -0.2) is 0 Å². The third-order valence-electron chi connectivity index (χ3n) is 6.47. The summed E-state index contributed by atoms with van der Waals surface area (Å²) in [5.41, 5.74) is 7.67. The van der Waals surface area contributed by atoms with E-state index in [1.165, 1.54) is 16.7 Å². The van der Waals surface area contributed by atoms with Gasteiger partial charge in [0.2, 0.25) is 5.78 Å². The molecule has 0 amide bonds. The SMILES string of the molecule is CC(=Cc1ccc(C(=O)c2[nH]c3ccccc3c2CCCC(=O)O)cc1)c1ccc(CC(C)C)cc1. The van der Waals surface area contributed by atoms with Crippen LogP contribution in [0.2, 0.25) is 0 Å². The van der Waals surface area contributed by atoms with Gasteiger partial charge in [-0.15, -0.1) is 0 Å². The Morgan fingerprint density at radius 3 is 2.25 bits per heavy atom. The molecule has 36 heavy (non-hydrogen) atoms. The summed E-state index contributed by atoms with van der Waals surface area (Å²) < 4.78 is 0. The van der Waals surface area contributed by atoms with Crippen LogP contribution in [0.1, 0.15) is 71.9 Å². The number of aromatic nitrogens is 1. The van der Waals surface area contributed by atoms with Crippen molar-refractivity contribution in [3.05, 3.63) is 106 Å². The average molecular weight is 480 g/mol. The zero-order chi connectivity index (χ0) is 25.7. The monoisotopic (exact) mass is 479 g/mol. The predicted molar refractivity (Wildman–Crippen MR) is 147 cm³/mol. The number of carboxylic acid groups (broad SMARTS) is 1. The number of aliphatic carboxylic acids is 1. The van der Waals surface area contributed by atoms with Gasteiger partial charge in [0.25, 0.3) is 0 Å². The molecule has 4 heteroatoms. The first-order chi connectivity index (χ1) is 17.3. The lowest BCUT2D eigenvalue weighted by Gasteiger charge is -2.08. The number of carbonyl (C=O) groups excluding carboxylic acids is 1. The minimum atomic E-state index is -0.826. The molecule has 4 aromatic rings. The van der Waals surface area contributed by atoms with Crippen LogP contribution in [-0.2, 0) is 17.6 Å². The van der Waals surface area contributed by atoms with Gasteiger partial charge < -0.3 is 10.1 Å². The van der Waals surface area contributed by atoms with Crippen LogP contribution < -0.4 is 0 Å². The standard InChI is InChI=1S/C32H33NO3/c1-21(2)19-23-11-15-25(16-12-23)22(3)20-24-13-17-26(18-14-24)32(36)31-28(8-6-10-30(34)35)27-7-4-5-9-29(27)33-31/h4-5,7,9,11-18,20-21,33H,6,8,10,19H2,1-3H3,(H,34,35). The maximum atomic E-state index is 13.4. The maximum absolute atomic E-state index is 13.4. The van der Waals surface area contributed by atoms with Gasteiger partial charge in [0.1, 0.15) is 0 Å². The number of para-hydroxylation sites is 1. The second kappa shape index (κ2) is 11.2. The normalized spacial score (nSPS) is 11.8. The van der Waals surface area contributed by atoms with E-state index in [1.807, 2.05) is 48.5 Å². The highest BCUT2D eigenvalue weighted by Crippen LogP contribution is 2.27. The molecule has 184 valence electrons. The molecule has 0 fully saturated rings. The van der Waals surface area contributed by atoms with Gasteiger partial charge in [-0.05, 0) is 66.0 Å². The number of carboxylic acids is 1. The smallest absolute Gasteiger partial charge is 0.303 e. The van der Waals surface area contributed by atoms with Crippen molar-refractivity contribution in [2.24, 2.45) is 5.92 Å². The number of aromatic amines is 1. The number of fused-ring (bicyclic) bond motifs is 1. The Labute approximate surface area is 212 Å². The van der Waals surface area contributed by atoms with Gasteiger partial charge in [0.05, 0.1) is 5.69 Å². The van der Waals surface area contributed by atoms with Crippen LogP contribution in [0.4, 0.5) is 0 Å². The lowest BCUT2D eigenvalue weighted by Crippen LogP contribution is -2.06. The number of rotatable bonds is 10. The number of aryl methyl sites for hydroxylation is 1. The fraction of sp³-hybridized carbons (Fsp3) is 0.250. The van der Waals surface area contributed by atoms with E-state index < -0.39 is 5.97 Å². The van der Waals surface area contributed by atoms with Crippen molar-refractivity contribution < 1.29 is 14.7 Å². The first-order valence-electron chi connectivity index (χ1n) is 12.6. The number of benzene rings is 3. The van der Waals surface area contributed by atoms with E-state index in [0.717, 1.165) is 28.5 Å². The third kappa shape index (κ3) is 6.01. The predicted octanol–water partition coefficient (Wildman–Crippen LogP) is 7.57. The molecule has 1 aromatic heterocycles. The van der Waals surface area contributed by atoms with Crippen molar-refractivity contribution in [2.45, 2.75) is 46.5 Å². The van der Waals surface area contributed by atoms with E-state index in [9.17, 15) is 9.59 Å². The van der Waals surface area contributed by atoms with Crippen LogP contribution in [0.25, 0.3) is 22.6 Å². The summed E-state index contributed by atoms with van der Waals surface area (Å²) in [4.78, 5) is 27.7. The Morgan fingerprint density at radius 2 is 1.58 bits per heavy atom. The minimum absolute atomic E-state index is 0.0774. The molecule has 4 nitrogen and oxygen atoms in total. The summed E-state index contributed by atoms with van der Waals surface area (Å²) in [6.07, 6.45) is 4.31. The number of hydrogen-bond donors (Lipinski definition) is 2. The van der Waals surface area contributed by atoms with Crippen LogP contribution in [0.15, 0.2) is 72.8 Å². The maximum Gasteiger partial charge on any atom is 0.303 e. The van der Waals surface area contributed by atoms with Crippen LogP contribution in [-0.4, -0.2) is 21.8 Å². The molecule has 0 aliphatic carbocycles. The van der Waals surface area contributed by atoms with Crippen molar-refractivity contribution >= 4 is 34.3 Å². The second-order valence-corrected chi connectivity index (χ2v) is 9.84. The molecule has 0 radical (unpaired) electrons. The molecule has 0 saturated heterocycles. The molecule has 0 aliphatic rings. The minimum Gasteiger partial charge on any atom is -0.481 e. The van der Waals surface area contributed by atoms with E-state index in [4.69, 9.17) is 5.11 Å². The van der Waals surface area contributed by atoms with Gasteiger partial charge in [0.15, 0.2) is 0 Å². The largest absolute Gasteiger partial charge is 0.481 e. The van der Waals surface area contributed by atoms with E-state index >= 15 is 0 Å². The Hall–Kier alpha value is -3.92. The van der Waals surface area contributed by atoms with Crippen LogP contribution in [0, 0.1) is 5.92 Å². The summed E-state index contributed by atoms with van der Waals surface area (Å²) in [6, 6.07) is 24.2. The zero-order valence-electron chi connectivity index (χ0n) is 21.2. The third-order valence-corrected chi connectivity index (χ3v) is 6.47. The van der Waals surface area contributed by atoms with Crippen molar-refractivity contribution in [3.8, 4) is 0 Å². The van der Waals surface area contributed by atoms with Gasteiger partial charge >= 0.3 is 5.97 Å². The second-order valence-electron chi connectivity index (χ2n) is 9.84. The summed E-state index contributed by atoms with van der Waals surface area (Å²) in [5, 5.41) is 10.0. The average Bonchev–Trinajstić information content (AvgIpc) is 3.22. The molecule has 0 bridgehead atoms. The number of nitrogens with one attached hydrogen (secondary N) is 1. The highest BCUT2D eigenvalue weighted by Gasteiger charge is 2.19. The molecule has 0 spiro atoms. The van der Waals surface area contributed by atoms with Gasteiger partial charge in [0, 0.05) is 22.9 Å². The van der Waals surface area contributed by atoms with Crippen LogP contribution >= 0.6 is 0 Å². The van der Waals surface area contributed by atoms with Gasteiger partial charge in [-0.2, -0.15) is 0 Å². The van der Waals surface area contributed by atoms with Crippen LogP contribution in [0.5, 0.6) is 0 Å². The van der Waals surface area contributed by atoms with Crippen molar-refractivity contribution in [2.75, 3.05) is 0 Å². The summed E-state index contributed by atoms with van der Waals surface area (Å²) >= 11 is 0. The Kier molecular flexibility index (Phi) is 7.84. The molecular weight excluding hydrogens is 446 g/mol. The molecular formula is C32H33NO3. The number of carbonyl (C=O) groups is 2. The molecule has 2 N–H and O–H groups in total. The lowest BCUT2D eigenvalue weighted by molar-refractivity contribution is -0.137. The molecule has 4 rings (SSSR count). The van der Waals surface area contributed by atoms with E-state index in [2.05, 4.69) is 56.1 Å². The highest BCUT2D eigenvalue weighted by atomic mass is 16.4. The lowest BCUT2D eigenvalue weighted by atomic mass is 9.97. The Morgan fingerprint density at radius 1 is 0.917 bits per heavy atom. The zero-order valence-corrected chi connectivity index (χ0v) is 21.2. The van der Waals surface area contributed by atoms with Gasteiger partial charge in [-0.3, -0.25) is 9.59 Å². The quantitative estimate of drug-likeness (QED) is 0.182. The number of ketones is 1. The van der Waals surface area contributed by atoms with E-state index in [1.54, 1.807) is 0 Å². The Balaban J connectivity index is 1.54. The Bertz CT molecular complexity index is 1390. The fourth-order valence-corrected chi connectivity index (χ4v) is 4.65. The van der Waals surface area contributed by atoms with Crippen molar-refractivity contribution in [1.82, 2.24) is 4.98 Å². The molecule has 3 aromatic carbocycles. The summed E-state index contributed by atoms with van der Waals surface area (Å²) in [6.45, 7) is 6.56. The highest BCUT2D eigenvalue weighted by molar-refractivity contribution is 6.12. The van der Waals surface area contributed by atoms with E-state index in [0.29, 0.717) is 30.0 Å². The number of hydrogen-bond acceptors (Lipinski definition) is 2. The van der Waals surface area contributed by atoms with Gasteiger partial charge in [-0.1, -0.05) is 86.7 Å². The van der Waals surface area contributed by atoms with Crippen LogP contribution in [0.3, 0.4) is 0 Å². The number of H-pyrrole nitrogens is 1. The first kappa shape index (κ1) is 25.2. The molecule has 0 atom stereocenters. The summed E-state index contributed by atoms with van der Waals surface area (Å²) in [5.74, 6) is -0.267. The topological polar surface area (TPSA) is 70.2 Å². The number of allylic oxidation sites excluding steroid dienone is 1. The first-order valence-corrected chi connectivity index (χ1v) is 12.6. The molecule has 0 unspecified atom stereocenters. The molecule has 0 saturated carbocycles. The molecule has 0 aliphatic heterocycles.